The van der Waals surface area contributed by atoms with Crippen LogP contribution in [0.4, 0.5) is 5.69 Å². The largest absolute Gasteiger partial charge is 0.397 e. The van der Waals surface area contributed by atoms with Gasteiger partial charge in [-0.3, -0.25) is 4.99 Å². The number of benzene rings is 1. The van der Waals surface area contributed by atoms with Crippen molar-refractivity contribution in [1.82, 2.24) is 0 Å². The molecule has 1 aromatic carbocycles. The second kappa shape index (κ2) is 5.39. The van der Waals surface area contributed by atoms with Crippen molar-refractivity contribution in [3.63, 3.8) is 0 Å². The molecule has 4 heteroatoms. The highest BCUT2D eigenvalue weighted by molar-refractivity contribution is 7.98. The summed E-state index contributed by atoms with van der Waals surface area (Å²) in [5, 5.41) is 2.10. The smallest absolute Gasteiger partial charge is 0.0541 e. The zero-order valence-corrected chi connectivity index (χ0v) is 12.4. The van der Waals surface area contributed by atoms with E-state index >= 15 is 0 Å². The molecule has 1 saturated carbocycles. The van der Waals surface area contributed by atoms with E-state index in [-0.39, 0.29) is 0 Å². The van der Waals surface area contributed by atoms with Crippen LogP contribution in [0.1, 0.15) is 18.4 Å². The molecule has 1 aromatic heterocycles. The number of nitrogens with two attached hydrogens (primary N) is 1. The number of hydrogen-bond acceptors (Lipinski definition) is 4. The Labute approximate surface area is 121 Å². The molecule has 98 valence electrons. The fraction of sp³-hybridized carbons (Fsp3) is 0.267. The van der Waals surface area contributed by atoms with Gasteiger partial charge < -0.3 is 5.73 Å². The molecule has 19 heavy (non-hydrogen) atoms. The summed E-state index contributed by atoms with van der Waals surface area (Å²) in [5.41, 5.74) is 9.33. The van der Waals surface area contributed by atoms with E-state index in [0.29, 0.717) is 6.04 Å². The molecule has 0 radical (unpaired) electrons. The summed E-state index contributed by atoms with van der Waals surface area (Å²) in [6, 6.07) is 9.06. The lowest BCUT2D eigenvalue weighted by molar-refractivity contribution is 1.08. The summed E-state index contributed by atoms with van der Waals surface area (Å²) in [4.78, 5) is 6.96. The van der Waals surface area contributed by atoms with Gasteiger partial charge in [-0.05, 0) is 48.2 Å². The Kier molecular flexibility index (Phi) is 3.62. The summed E-state index contributed by atoms with van der Waals surface area (Å²) in [6.07, 6.45) is 6.45. The number of rotatable bonds is 4. The molecule has 2 N–H and O–H groups in total. The fourth-order valence-corrected chi connectivity index (χ4v) is 3.22. The topological polar surface area (TPSA) is 38.4 Å². The lowest BCUT2D eigenvalue weighted by Crippen LogP contribution is -1.97. The van der Waals surface area contributed by atoms with Crippen LogP contribution < -0.4 is 5.73 Å². The fourth-order valence-electron chi connectivity index (χ4n) is 1.92. The highest BCUT2D eigenvalue weighted by atomic mass is 32.2. The molecular weight excluding hydrogens is 272 g/mol. The van der Waals surface area contributed by atoms with Crippen LogP contribution in [-0.4, -0.2) is 18.5 Å². The molecule has 1 aliphatic carbocycles. The summed E-state index contributed by atoms with van der Waals surface area (Å²) < 4.78 is 0. The number of nitrogens with zero attached hydrogens (tertiary/aromatic N) is 1. The van der Waals surface area contributed by atoms with Crippen molar-refractivity contribution in [3.8, 4) is 10.4 Å². The van der Waals surface area contributed by atoms with Crippen LogP contribution in [0.15, 0.2) is 39.5 Å². The monoisotopic (exact) mass is 288 g/mol. The molecule has 1 heterocycles. The molecule has 0 atom stereocenters. The van der Waals surface area contributed by atoms with E-state index in [4.69, 9.17) is 5.73 Å². The average Bonchev–Trinajstić information content (AvgIpc) is 3.09. The van der Waals surface area contributed by atoms with Crippen molar-refractivity contribution < 1.29 is 0 Å². The Morgan fingerprint density at radius 2 is 2.26 bits per heavy atom. The van der Waals surface area contributed by atoms with Gasteiger partial charge in [0, 0.05) is 21.6 Å². The summed E-state index contributed by atoms with van der Waals surface area (Å²) in [5.74, 6) is 0. The number of anilines is 1. The van der Waals surface area contributed by atoms with Crippen molar-refractivity contribution >= 4 is 35.0 Å². The maximum absolute atomic E-state index is 6.21. The van der Waals surface area contributed by atoms with Gasteiger partial charge in [-0.15, -0.1) is 23.1 Å². The minimum atomic E-state index is 0.530. The van der Waals surface area contributed by atoms with Gasteiger partial charge in [0.1, 0.15) is 0 Å². The van der Waals surface area contributed by atoms with Gasteiger partial charge >= 0.3 is 0 Å². The highest BCUT2D eigenvalue weighted by Gasteiger charge is 2.19. The highest BCUT2D eigenvalue weighted by Crippen LogP contribution is 2.34. The van der Waals surface area contributed by atoms with Crippen LogP contribution in [0.2, 0.25) is 0 Å². The van der Waals surface area contributed by atoms with Gasteiger partial charge in [-0.1, -0.05) is 6.07 Å². The van der Waals surface area contributed by atoms with Gasteiger partial charge in [-0.25, -0.2) is 0 Å². The van der Waals surface area contributed by atoms with Crippen LogP contribution in [0, 0.1) is 0 Å². The van der Waals surface area contributed by atoms with Crippen LogP contribution >= 0.6 is 23.1 Å². The average molecular weight is 288 g/mol. The van der Waals surface area contributed by atoms with Crippen molar-refractivity contribution in [2.75, 3.05) is 12.0 Å². The molecule has 0 spiro atoms. The predicted molar refractivity (Wildman–Crippen MR) is 86.6 cm³/mol. The first-order chi connectivity index (χ1) is 9.28. The van der Waals surface area contributed by atoms with E-state index < -0.39 is 0 Å². The molecule has 1 fully saturated rings. The van der Waals surface area contributed by atoms with E-state index in [2.05, 4.69) is 40.9 Å². The minimum Gasteiger partial charge on any atom is -0.397 e. The third-order valence-corrected chi connectivity index (χ3v) is 4.87. The SMILES string of the molecule is CSc1cc(-c2cccs2)cc(/C=N/C2CC2)c1N. The lowest BCUT2D eigenvalue weighted by atomic mass is 10.1. The van der Waals surface area contributed by atoms with Crippen molar-refractivity contribution in [3.05, 3.63) is 35.2 Å². The van der Waals surface area contributed by atoms with E-state index in [1.165, 1.54) is 23.3 Å². The van der Waals surface area contributed by atoms with Crippen molar-refractivity contribution in [1.29, 1.82) is 0 Å². The standard InChI is InChI=1S/C15H16N2S2/c1-18-14-8-10(13-3-2-6-19-13)7-11(15(14)16)9-17-12-4-5-12/h2-3,6-9,12H,4-5,16H2,1H3/b17-9+. The molecule has 0 unspecified atom stereocenters. The maximum atomic E-state index is 6.21. The molecule has 3 rings (SSSR count). The number of nitrogen functional groups attached to an aromatic ring is 1. The summed E-state index contributed by atoms with van der Waals surface area (Å²) >= 11 is 3.44. The van der Waals surface area contributed by atoms with Gasteiger partial charge in [0.15, 0.2) is 0 Å². The Bertz CT molecular complexity index is 599. The van der Waals surface area contributed by atoms with Crippen LogP contribution in [0.25, 0.3) is 10.4 Å². The first-order valence-electron chi connectivity index (χ1n) is 6.32. The van der Waals surface area contributed by atoms with Crippen molar-refractivity contribution in [2.24, 2.45) is 4.99 Å². The summed E-state index contributed by atoms with van der Waals surface area (Å²) in [6.45, 7) is 0. The zero-order valence-electron chi connectivity index (χ0n) is 10.8. The van der Waals surface area contributed by atoms with Crippen molar-refractivity contribution in [2.45, 2.75) is 23.8 Å². The van der Waals surface area contributed by atoms with Gasteiger partial charge in [0.2, 0.25) is 0 Å². The van der Waals surface area contributed by atoms with Gasteiger partial charge in [-0.2, -0.15) is 0 Å². The van der Waals surface area contributed by atoms with E-state index in [1.54, 1.807) is 23.1 Å². The number of thioether (sulfide) groups is 1. The second-order valence-corrected chi connectivity index (χ2v) is 6.46. The Hall–Kier alpha value is -1.26. The van der Waals surface area contributed by atoms with Gasteiger partial charge in [0.25, 0.3) is 0 Å². The number of aliphatic imine (C=N–C) groups is 1. The van der Waals surface area contributed by atoms with E-state index in [0.717, 1.165) is 16.1 Å². The van der Waals surface area contributed by atoms with Crippen LogP contribution in [0.5, 0.6) is 0 Å². The first kappa shape index (κ1) is 12.8. The molecule has 1 aliphatic rings. The third-order valence-electron chi connectivity index (χ3n) is 3.17. The molecule has 2 aromatic rings. The molecule has 0 amide bonds. The Morgan fingerprint density at radius 3 is 2.89 bits per heavy atom. The van der Waals surface area contributed by atoms with Crippen LogP contribution in [0.3, 0.4) is 0 Å². The normalized spacial score (nSPS) is 15.2. The predicted octanol–water partition coefficient (Wildman–Crippen LogP) is 4.30. The molecule has 0 saturated heterocycles. The van der Waals surface area contributed by atoms with Crippen LogP contribution in [-0.2, 0) is 0 Å². The third kappa shape index (κ3) is 2.85. The summed E-state index contributed by atoms with van der Waals surface area (Å²) in [7, 11) is 0. The second-order valence-electron chi connectivity index (χ2n) is 4.67. The first-order valence-corrected chi connectivity index (χ1v) is 8.43. The van der Waals surface area contributed by atoms with Gasteiger partial charge in [0.05, 0.1) is 11.7 Å². The molecular formula is C15H16N2S2. The Morgan fingerprint density at radius 1 is 1.42 bits per heavy atom. The molecule has 2 nitrogen and oxygen atoms in total. The Balaban J connectivity index is 2.03. The zero-order chi connectivity index (χ0) is 13.2. The molecule has 0 bridgehead atoms. The minimum absolute atomic E-state index is 0.530. The number of hydrogen-bond donors (Lipinski definition) is 1. The maximum Gasteiger partial charge on any atom is 0.0541 e. The number of thiophene rings is 1. The quantitative estimate of drug-likeness (QED) is 0.517. The lowest BCUT2D eigenvalue weighted by Gasteiger charge is -2.09. The van der Waals surface area contributed by atoms with E-state index in [9.17, 15) is 0 Å². The van der Waals surface area contributed by atoms with E-state index in [1.807, 2.05) is 6.21 Å². The molecule has 0 aliphatic heterocycles.